The van der Waals surface area contributed by atoms with Crippen LogP contribution in [-0.4, -0.2) is 40.5 Å². The van der Waals surface area contributed by atoms with Crippen molar-refractivity contribution in [2.45, 2.75) is 30.6 Å². The van der Waals surface area contributed by atoms with Crippen molar-refractivity contribution >= 4 is 40.0 Å². The molecule has 2 aromatic carbocycles. The Labute approximate surface area is 186 Å². The summed E-state index contributed by atoms with van der Waals surface area (Å²) in [4.78, 5) is 32.4. The second-order valence-corrected chi connectivity index (χ2v) is 9.25. The fourth-order valence-corrected chi connectivity index (χ4v) is 5.60. The number of hydrogen-bond acceptors (Lipinski definition) is 4. The molecule has 0 radical (unpaired) electrons. The number of amides is 2. The van der Waals surface area contributed by atoms with E-state index < -0.39 is 0 Å². The van der Waals surface area contributed by atoms with Gasteiger partial charge in [0.2, 0.25) is 11.8 Å². The van der Waals surface area contributed by atoms with E-state index in [1.807, 2.05) is 11.0 Å². The van der Waals surface area contributed by atoms with E-state index in [1.165, 1.54) is 26.8 Å². The number of carbonyl (C=O) groups is 2. The highest BCUT2D eigenvalue weighted by Gasteiger charge is 2.27. The Morgan fingerprint density at radius 3 is 2.61 bits per heavy atom. The van der Waals surface area contributed by atoms with Crippen LogP contribution in [0.1, 0.15) is 24.0 Å². The maximum Gasteiger partial charge on any atom is 0.232 e. The fraction of sp³-hybridized carbons (Fsp3) is 0.320. The zero-order valence-corrected chi connectivity index (χ0v) is 18.2. The Morgan fingerprint density at radius 2 is 1.84 bits per heavy atom. The molecule has 2 aliphatic rings. The minimum Gasteiger partial charge on any atom is -0.342 e. The molecule has 5 nitrogen and oxygen atoms in total. The summed E-state index contributed by atoms with van der Waals surface area (Å²) < 4.78 is 0. The van der Waals surface area contributed by atoms with E-state index in [4.69, 9.17) is 0 Å². The number of anilines is 1. The van der Waals surface area contributed by atoms with Crippen LogP contribution in [0.25, 0.3) is 10.8 Å². The topological polar surface area (TPSA) is 62.3 Å². The second-order valence-electron chi connectivity index (χ2n) is 8.24. The quantitative estimate of drug-likeness (QED) is 0.612. The summed E-state index contributed by atoms with van der Waals surface area (Å²) in [6.45, 7) is 1.27. The van der Waals surface area contributed by atoms with Crippen LogP contribution in [-0.2, 0) is 22.4 Å². The van der Waals surface area contributed by atoms with Crippen molar-refractivity contribution in [2.75, 3.05) is 24.2 Å². The van der Waals surface area contributed by atoms with Crippen LogP contribution in [0.5, 0.6) is 0 Å². The van der Waals surface area contributed by atoms with Gasteiger partial charge in [0.1, 0.15) is 0 Å². The van der Waals surface area contributed by atoms with Crippen molar-refractivity contribution in [3.63, 3.8) is 0 Å². The predicted octanol–water partition coefficient (Wildman–Crippen LogP) is 4.30. The van der Waals surface area contributed by atoms with E-state index in [-0.39, 0.29) is 17.7 Å². The maximum absolute atomic E-state index is 12.8. The van der Waals surface area contributed by atoms with Crippen LogP contribution in [0.2, 0.25) is 0 Å². The van der Waals surface area contributed by atoms with Gasteiger partial charge in [-0.2, -0.15) is 0 Å². The zero-order chi connectivity index (χ0) is 21.2. The summed E-state index contributed by atoms with van der Waals surface area (Å²) in [6, 6.07) is 14.5. The van der Waals surface area contributed by atoms with Crippen molar-refractivity contribution in [3.8, 4) is 0 Å². The molecule has 1 aromatic heterocycles. The normalized spacial score (nSPS) is 15.9. The number of nitrogens with zero attached hydrogens (tertiary/aromatic N) is 2. The Bertz CT molecular complexity index is 1110. The van der Waals surface area contributed by atoms with Crippen molar-refractivity contribution in [3.05, 3.63) is 66.0 Å². The van der Waals surface area contributed by atoms with Gasteiger partial charge in [0, 0.05) is 30.1 Å². The number of aromatic nitrogens is 1. The molecular formula is C25H25N3O2S. The first-order chi connectivity index (χ1) is 15.2. The average Bonchev–Trinajstić information content (AvgIpc) is 3.24. The first kappa shape index (κ1) is 20.1. The molecule has 0 atom stereocenters. The number of hydrogen-bond donors (Lipinski definition) is 1. The summed E-state index contributed by atoms with van der Waals surface area (Å²) in [7, 11) is 0. The van der Waals surface area contributed by atoms with Crippen LogP contribution in [0, 0.1) is 5.92 Å². The van der Waals surface area contributed by atoms with Crippen molar-refractivity contribution in [2.24, 2.45) is 5.92 Å². The first-order valence-corrected chi connectivity index (χ1v) is 11.8. The molecular weight excluding hydrogens is 406 g/mol. The Kier molecular flexibility index (Phi) is 5.64. The Morgan fingerprint density at radius 1 is 1.03 bits per heavy atom. The molecule has 5 rings (SSSR count). The van der Waals surface area contributed by atoms with Crippen LogP contribution in [0.3, 0.4) is 0 Å². The number of pyridine rings is 1. The average molecular weight is 432 g/mol. The lowest BCUT2D eigenvalue weighted by Crippen LogP contribution is -2.42. The summed E-state index contributed by atoms with van der Waals surface area (Å²) >= 11 is 1.63. The highest BCUT2D eigenvalue weighted by atomic mass is 32.2. The molecule has 1 aliphatic heterocycles. The highest BCUT2D eigenvalue weighted by molar-refractivity contribution is 8.00. The summed E-state index contributed by atoms with van der Waals surface area (Å²) in [6.07, 6.45) is 6.95. The van der Waals surface area contributed by atoms with E-state index in [9.17, 15) is 9.59 Å². The van der Waals surface area contributed by atoms with Gasteiger partial charge in [-0.1, -0.05) is 24.3 Å². The van der Waals surface area contributed by atoms with E-state index in [0.717, 1.165) is 12.8 Å². The third kappa shape index (κ3) is 4.17. The van der Waals surface area contributed by atoms with Crippen LogP contribution in [0.4, 0.5) is 5.69 Å². The van der Waals surface area contributed by atoms with Gasteiger partial charge in [-0.05, 0) is 65.8 Å². The molecule has 1 saturated heterocycles. The Balaban J connectivity index is 1.16. The maximum atomic E-state index is 12.8. The molecule has 158 valence electrons. The number of aryl methyl sites for hydroxylation is 2. The summed E-state index contributed by atoms with van der Waals surface area (Å²) in [5.74, 6) is 0.542. The number of rotatable bonds is 5. The second kappa shape index (κ2) is 8.71. The van der Waals surface area contributed by atoms with Gasteiger partial charge in [0.05, 0.1) is 17.6 Å². The van der Waals surface area contributed by atoms with Crippen LogP contribution in [0.15, 0.2) is 59.8 Å². The van der Waals surface area contributed by atoms with Gasteiger partial charge < -0.3 is 10.2 Å². The van der Waals surface area contributed by atoms with Gasteiger partial charge >= 0.3 is 0 Å². The van der Waals surface area contributed by atoms with Crippen molar-refractivity contribution in [1.29, 1.82) is 0 Å². The SMILES string of the molecule is O=C(Nc1cccnc1)C1CCN(C(=O)CSc2ccc3c4c(cccc24)CC3)CC1. The Hall–Kier alpha value is -2.86. The molecule has 0 saturated carbocycles. The minimum absolute atomic E-state index is 0.0161. The lowest BCUT2D eigenvalue weighted by molar-refractivity contribution is -0.132. The van der Waals surface area contributed by atoms with Gasteiger partial charge in [0.15, 0.2) is 0 Å². The molecule has 1 fully saturated rings. The smallest absolute Gasteiger partial charge is 0.232 e. The van der Waals surface area contributed by atoms with Gasteiger partial charge in [-0.3, -0.25) is 14.6 Å². The molecule has 0 spiro atoms. The highest BCUT2D eigenvalue weighted by Crippen LogP contribution is 2.36. The monoisotopic (exact) mass is 431 g/mol. The van der Waals surface area contributed by atoms with E-state index in [0.29, 0.717) is 37.4 Å². The first-order valence-electron chi connectivity index (χ1n) is 10.8. The minimum atomic E-state index is -0.0616. The van der Waals surface area contributed by atoms with Crippen LogP contribution >= 0.6 is 11.8 Å². The fourth-order valence-electron chi connectivity index (χ4n) is 4.65. The molecule has 3 aromatic rings. The number of benzene rings is 2. The summed E-state index contributed by atoms with van der Waals surface area (Å²) in [5.41, 5.74) is 3.56. The van der Waals surface area contributed by atoms with Crippen molar-refractivity contribution < 1.29 is 9.59 Å². The number of thioether (sulfide) groups is 1. The molecule has 0 bridgehead atoms. The lowest BCUT2D eigenvalue weighted by atomic mass is 9.96. The zero-order valence-electron chi connectivity index (χ0n) is 17.3. The molecule has 0 unspecified atom stereocenters. The molecule has 1 aliphatic carbocycles. The number of likely N-dealkylation sites (tertiary alicyclic amines) is 1. The van der Waals surface area contributed by atoms with E-state index in [1.54, 1.807) is 30.2 Å². The molecule has 1 N–H and O–H groups in total. The third-order valence-electron chi connectivity index (χ3n) is 6.34. The van der Waals surface area contributed by atoms with E-state index in [2.05, 4.69) is 40.6 Å². The van der Waals surface area contributed by atoms with Gasteiger partial charge in [-0.15, -0.1) is 11.8 Å². The lowest BCUT2D eigenvalue weighted by Gasteiger charge is -2.31. The molecule has 6 heteroatoms. The van der Waals surface area contributed by atoms with Crippen molar-refractivity contribution in [1.82, 2.24) is 9.88 Å². The van der Waals surface area contributed by atoms with Gasteiger partial charge in [0.25, 0.3) is 0 Å². The number of piperidine rings is 1. The third-order valence-corrected chi connectivity index (χ3v) is 7.39. The number of carbonyl (C=O) groups excluding carboxylic acids is 2. The molecule has 2 amide bonds. The molecule has 2 heterocycles. The predicted molar refractivity (Wildman–Crippen MR) is 124 cm³/mol. The van der Waals surface area contributed by atoms with E-state index >= 15 is 0 Å². The largest absolute Gasteiger partial charge is 0.342 e. The van der Waals surface area contributed by atoms with Crippen LogP contribution < -0.4 is 5.32 Å². The number of nitrogens with one attached hydrogen (secondary N) is 1. The molecule has 31 heavy (non-hydrogen) atoms. The van der Waals surface area contributed by atoms with Gasteiger partial charge in [-0.25, -0.2) is 0 Å². The standard InChI is InChI=1S/C25H25N3O2S/c29-23(16-31-22-9-8-18-7-6-17-3-1-5-21(22)24(17)18)28-13-10-19(11-14-28)25(30)27-20-4-2-12-26-15-20/h1-5,8-9,12,15,19H,6-7,10-11,13-14,16H2,(H,27,30). The summed E-state index contributed by atoms with van der Waals surface area (Å²) in [5, 5.41) is 5.59.